The smallest absolute Gasteiger partial charge is 0.123 e. The molecule has 0 heterocycles. The van der Waals surface area contributed by atoms with Crippen LogP contribution < -0.4 is 10.5 Å². The van der Waals surface area contributed by atoms with Gasteiger partial charge in [0.1, 0.15) is 5.75 Å². The summed E-state index contributed by atoms with van der Waals surface area (Å²) in [6.45, 7) is 9.09. The monoisotopic (exact) mass is 327 g/mol. The fourth-order valence-corrected chi connectivity index (χ4v) is 3.06. The summed E-state index contributed by atoms with van der Waals surface area (Å²) in [6.07, 6.45) is 2.15. The fraction of sp³-hybridized carbons (Fsp3) is 0.625. The molecule has 0 radical (unpaired) electrons. The molecule has 0 bridgehead atoms. The maximum atomic E-state index is 6.36. The molecule has 2 N–H and O–H groups in total. The molecule has 2 atom stereocenters. The summed E-state index contributed by atoms with van der Waals surface area (Å²) in [5, 5.41) is 0. The maximum Gasteiger partial charge on any atom is 0.123 e. The predicted molar refractivity (Wildman–Crippen MR) is 85.5 cm³/mol. The summed E-state index contributed by atoms with van der Waals surface area (Å²) >= 11 is 3.50. The Morgan fingerprint density at radius 2 is 1.95 bits per heavy atom. The molecule has 19 heavy (non-hydrogen) atoms. The topological polar surface area (TPSA) is 35.2 Å². The Labute approximate surface area is 125 Å². The van der Waals surface area contributed by atoms with Gasteiger partial charge in [-0.05, 0) is 42.4 Å². The van der Waals surface area contributed by atoms with Crippen LogP contribution >= 0.6 is 15.9 Å². The first kappa shape index (κ1) is 16.5. The van der Waals surface area contributed by atoms with Crippen LogP contribution in [0.3, 0.4) is 0 Å². The molecule has 3 heteroatoms. The Kier molecular flexibility index (Phi) is 5.87. The number of hydrogen-bond donors (Lipinski definition) is 1. The Bertz CT molecular complexity index is 412. The van der Waals surface area contributed by atoms with Gasteiger partial charge in [0.15, 0.2) is 0 Å². The van der Waals surface area contributed by atoms with Crippen LogP contribution in [0.25, 0.3) is 0 Å². The lowest BCUT2D eigenvalue weighted by molar-refractivity contribution is 0.285. The third-order valence-corrected chi connectivity index (χ3v) is 3.70. The molecule has 0 fully saturated rings. The predicted octanol–water partition coefficient (Wildman–Crippen LogP) is 4.92. The second kappa shape index (κ2) is 6.76. The zero-order chi connectivity index (χ0) is 14.6. The minimum atomic E-state index is 0.0183. The highest BCUT2D eigenvalue weighted by Crippen LogP contribution is 2.33. The van der Waals surface area contributed by atoms with Gasteiger partial charge in [-0.2, -0.15) is 0 Å². The lowest BCUT2D eigenvalue weighted by Crippen LogP contribution is -2.18. The van der Waals surface area contributed by atoms with Crippen LogP contribution in [-0.4, -0.2) is 7.11 Å². The average Bonchev–Trinajstić information content (AvgIpc) is 2.26. The van der Waals surface area contributed by atoms with Crippen molar-refractivity contribution in [3.05, 3.63) is 28.2 Å². The van der Waals surface area contributed by atoms with Gasteiger partial charge >= 0.3 is 0 Å². The zero-order valence-corrected chi connectivity index (χ0v) is 14.3. The van der Waals surface area contributed by atoms with Crippen LogP contribution in [0, 0.1) is 11.3 Å². The standard InChI is InChI=1S/C16H26BrNO/c1-11(10-16(2,3)4)8-14(18)13-9-12(17)6-7-15(13)19-5/h6-7,9,11,14H,8,10,18H2,1-5H3. The molecule has 0 aliphatic rings. The number of benzene rings is 1. The van der Waals surface area contributed by atoms with E-state index in [1.165, 1.54) is 6.42 Å². The van der Waals surface area contributed by atoms with Crippen LogP contribution in [-0.2, 0) is 0 Å². The van der Waals surface area contributed by atoms with Crippen molar-refractivity contribution in [3.8, 4) is 5.75 Å². The summed E-state index contributed by atoms with van der Waals surface area (Å²) in [4.78, 5) is 0. The Balaban J connectivity index is 2.77. The van der Waals surface area contributed by atoms with E-state index in [2.05, 4.69) is 49.7 Å². The van der Waals surface area contributed by atoms with Crippen LogP contribution in [0.5, 0.6) is 5.75 Å². The molecular formula is C16H26BrNO. The molecule has 0 aliphatic carbocycles. The van der Waals surface area contributed by atoms with Crippen molar-refractivity contribution in [1.82, 2.24) is 0 Å². The van der Waals surface area contributed by atoms with Gasteiger partial charge in [-0.3, -0.25) is 0 Å². The Hall–Kier alpha value is -0.540. The first-order valence-corrected chi connectivity index (χ1v) is 7.61. The normalized spacial score (nSPS) is 15.1. The molecule has 0 spiro atoms. The molecule has 1 aromatic carbocycles. The molecule has 0 aliphatic heterocycles. The van der Waals surface area contributed by atoms with Gasteiger partial charge in [-0.25, -0.2) is 0 Å². The van der Waals surface area contributed by atoms with Crippen LogP contribution in [0.1, 0.15) is 52.1 Å². The molecule has 2 nitrogen and oxygen atoms in total. The highest BCUT2D eigenvalue weighted by molar-refractivity contribution is 9.10. The largest absolute Gasteiger partial charge is 0.496 e. The van der Waals surface area contributed by atoms with E-state index >= 15 is 0 Å². The summed E-state index contributed by atoms with van der Waals surface area (Å²) in [5.74, 6) is 1.47. The molecule has 1 rings (SSSR count). The van der Waals surface area contributed by atoms with Crippen LogP contribution in [0.2, 0.25) is 0 Å². The van der Waals surface area contributed by atoms with Crippen LogP contribution in [0.15, 0.2) is 22.7 Å². The van der Waals surface area contributed by atoms with Crippen molar-refractivity contribution in [1.29, 1.82) is 0 Å². The number of nitrogens with two attached hydrogens (primary N) is 1. The summed E-state index contributed by atoms with van der Waals surface area (Å²) in [6, 6.07) is 6.03. The van der Waals surface area contributed by atoms with Gasteiger partial charge in [-0.1, -0.05) is 43.6 Å². The highest BCUT2D eigenvalue weighted by atomic mass is 79.9. The number of halogens is 1. The van der Waals surface area contributed by atoms with E-state index in [-0.39, 0.29) is 6.04 Å². The van der Waals surface area contributed by atoms with Gasteiger partial charge in [-0.15, -0.1) is 0 Å². The van der Waals surface area contributed by atoms with Crippen molar-refractivity contribution in [3.63, 3.8) is 0 Å². The quantitative estimate of drug-likeness (QED) is 0.832. The Morgan fingerprint density at radius 3 is 2.47 bits per heavy atom. The van der Waals surface area contributed by atoms with Crippen LogP contribution in [0.4, 0.5) is 0 Å². The lowest BCUT2D eigenvalue weighted by Gasteiger charge is -2.26. The van der Waals surface area contributed by atoms with E-state index in [4.69, 9.17) is 10.5 Å². The van der Waals surface area contributed by atoms with Crippen molar-refractivity contribution < 1.29 is 4.74 Å². The van der Waals surface area contributed by atoms with E-state index in [9.17, 15) is 0 Å². The molecular weight excluding hydrogens is 302 g/mol. The number of rotatable bonds is 5. The molecule has 0 saturated carbocycles. The summed E-state index contributed by atoms with van der Waals surface area (Å²) in [5.41, 5.74) is 7.79. The minimum Gasteiger partial charge on any atom is -0.496 e. The maximum absolute atomic E-state index is 6.36. The van der Waals surface area contributed by atoms with E-state index in [0.717, 1.165) is 22.2 Å². The number of ether oxygens (including phenoxy) is 1. The highest BCUT2D eigenvalue weighted by Gasteiger charge is 2.20. The van der Waals surface area contributed by atoms with E-state index in [0.29, 0.717) is 11.3 Å². The second-order valence-corrected chi connectivity index (χ2v) is 7.51. The number of methoxy groups -OCH3 is 1. The van der Waals surface area contributed by atoms with E-state index in [1.54, 1.807) is 7.11 Å². The molecule has 1 aromatic rings. The van der Waals surface area contributed by atoms with E-state index in [1.807, 2.05) is 12.1 Å². The number of hydrogen-bond acceptors (Lipinski definition) is 2. The summed E-state index contributed by atoms with van der Waals surface area (Å²) in [7, 11) is 1.69. The fourth-order valence-electron chi connectivity index (χ4n) is 2.68. The average molecular weight is 328 g/mol. The molecule has 0 saturated heterocycles. The van der Waals surface area contributed by atoms with Crippen molar-refractivity contribution >= 4 is 15.9 Å². The summed E-state index contributed by atoms with van der Waals surface area (Å²) < 4.78 is 6.45. The van der Waals surface area contributed by atoms with Gasteiger partial charge in [0.25, 0.3) is 0 Å². The van der Waals surface area contributed by atoms with Crippen molar-refractivity contribution in [2.45, 2.75) is 46.6 Å². The van der Waals surface area contributed by atoms with Gasteiger partial charge < -0.3 is 10.5 Å². The van der Waals surface area contributed by atoms with Crippen molar-refractivity contribution in [2.24, 2.45) is 17.1 Å². The van der Waals surface area contributed by atoms with E-state index < -0.39 is 0 Å². The molecule has 0 amide bonds. The van der Waals surface area contributed by atoms with Gasteiger partial charge in [0.2, 0.25) is 0 Å². The molecule has 2 unspecified atom stereocenters. The zero-order valence-electron chi connectivity index (χ0n) is 12.7. The second-order valence-electron chi connectivity index (χ2n) is 6.60. The molecule has 0 aromatic heterocycles. The Morgan fingerprint density at radius 1 is 1.32 bits per heavy atom. The third-order valence-electron chi connectivity index (χ3n) is 3.21. The first-order valence-electron chi connectivity index (χ1n) is 6.82. The first-order chi connectivity index (χ1) is 8.73. The molecule has 108 valence electrons. The third kappa shape index (κ3) is 5.53. The van der Waals surface area contributed by atoms with Gasteiger partial charge in [0, 0.05) is 16.1 Å². The SMILES string of the molecule is COc1ccc(Br)cc1C(N)CC(C)CC(C)(C)C. The lowest BCUT2D eigenvalue weighted by atomic mass is 9.82. The van der Waals surface area contributed by atoms with Gasteiger partial charge in [0.05, 0.1) is 7.11 Å². The van der Waals surface area contributed by atoms with Crippen molar-refractivity contribution in [2.75, 3.05) is 7.11 Å². The minimum absolute atomic E-state index is 0.0183.